The molecule has 1 aromatic rings. The van der Waals surface area contributed by atoms with Crippen LogP contribution in [0, 0.1) is 5.92 Å². The van der Waals surface area contributed by atoms with Crippen molar-refractivity contribution >= 4 is 29.1 Å². The fourth-order valence-electron chi connectivity index (χ4n) is 2.73. The maximum Gasteiger partial charge on any atom is 0.226 e. The van der Waals surface area contributed by atoms with Crippen LogP contribution in [0.15, 0.2) is 18.2 Å². The van der Waals surface area contributed by atoms with Gasteiger partial charge in [0.2, 0.25) is 5.91 Å². The Kier molecular flexibility index (Phi) is 3.70. The van der Waals surface area contributed by atoms with E-state index in [0.29, 0.717) is 10.0 Å². The third kappa shape index (κ3) is 2.73. The SMILES string of the molecule is O=C([C@H]1C[C@@H]1c1ccc(Cl)cc1Cl)N1CCNCC1. The summed E-state index contributed by atoms with van der Waals surface area (Å²) in [4.78, 5) is 14.3. The van der Waals surface area contributed by atoms with Crippen molar-refractivity contribution in [2.75, 3.05) is 26.2 Å². The number of amides is 1. The molecule has 0 aromatic heterocycles. The highest BCUT2D eigenvalue weighted by molar-refractivity contribution is 6.35. The van der Waals surface area contributed by atoms with Crippen LogP contribution in [0.1, 0.15) is 17.9 Å². The van der Waals surface area contributed by atoms with Crippen molar-refractivity contribution < 1.29 is 4.79 Å². The molecule has 1 amide bonds. The third-order valence-electron chi connectivity index (χ3n) is 3.90. The normalized spacial score (nSPS) is 26.3. The van der Waals surface area contributed by atoms with Gasteiger partial charge in [-0.1, -0.05) is 29.3 Å². The van der Waals surface area contributed by atoms with E-state index in [1.54, 1.807) is 6.07 Å². The Morgan fingerprint density at radius 2 is 2.00 bits per heavy atom. The molecule has 1 N–H and O–H groups in total. The molecule has 1 saturated carbocycles. The lowest BCUT2D eigenvalue weighted by Crippen LogP contribution is -2.47. The van der Waals surface area contributed by atoms with Gasteiger partial charge in [-0.3, -0.25) is 4.79 Å². The number of halogens is 2. The van der Waals surface area contributed by atoms with Crippen LogP contribution < -0.4 is 5.32 Å². The molecule has 3 rings (SSSR count). The Labute approximate surface area is 122 Å². The average Bonchev–Trinajstić information content (AvgIpc) is 3.19. The zero-order valence-electron chi connectivity index (χ0n) is 10.5. The van der Waals surface area contributed by atoms with E-state index in [-0.39, 0.29) is 17.7 Å². The van der Waals surface area contributed by atoms with Crippen molar-refractivity contribution in [1.29, 1.82) is 0 Å². The Bertz CT molecular complexity index is 500. The van der Waals surface area contributed by atoms with Gasteiger partial charge in [0.05, 0.1) is 0 Å². The fourth-order valence-corrected chi connectivity index (χ4v) is 3.28. The molecule has 19 heavy (non-hydrogen) atoms. The first kappa shape index (κ1) is 13.2. The van der Waals surface area contributed by atoms with Gasteiger partial charge >= 0.3 is 0 Å². The summed E-state index contributed by atoms with van der Waals surface area (Å²) < 4.78 is 0. The molecule has 0 bridgehead atoms. The van der Waals surface area contributed by atoms with E-state index in [9.17, 15) is 4.79 Å². The summed E-state index contributed by atoms with van der Waals surface area (Å²) in [5.41, 5.74) is 1.06. The maximum absolute atomic E-state index is 12.4. The van der Waals surface area contributed by atoms with Crippen molar-refractivity contribution in [3.8, 4) is 0 Å². The zero-order valence-corrected chi connectivity index (χ0v) is 12.0. The standard InChI is InChI=1S/C14H16Cl2N2O/c15-9-1-2-10(13(16)7-9)11-8-12(11)14(19)18-5-3-17-4-6-18/h1-2,7,11-12,17H,3-6,8H2/t11-,12+/m1/s1. The van der Waals surface area contributed by atoms with Crippen molar-refractivity contribution in [2.24, 2.45) is 5.92 Å². The molecular weight excluding hydrogens is 283 g/mol. The van der Waals surface area contributed by atoms with E-state index in [1.165, 1.54) is 0 Å². The fraction of sp³-hybridized carbons (Fsp3) is 0.500. The second kappa shape index (κ2) is 5.31. The molecule has 3 nitrogen and oxygen atoms in total. The molecule has 1 aromatic carbocycles. The van der Waals surface area contributed by atoms with Crippen molar-refractivity contribution in [3.05, 3.63) is 33.8 Å². The summed E-state index contributed by atoms with van der Waals surface area (Å²) >= 11 is 12.1. The molecule has 2 aliphatic rings. The molecule has 0 spiro atoms. The second-order valence-corrected chi connectivity index (χ2v) is 6.03. The highest BCUT2D eigenvalue weighted by Gasteiger charge is 2.46. The number of carbonyl (C=O) groups excluding carboxylic acids is 1. The molecule has 1 aliphatic carbocycles. The predicted molar refractivity (Wildman–Crippen MR) is 76.8 cm³/mol. The Balaban J connectivity index is 1.68. The van der Waals surface area contributed by atoms with Gasteiger partial charge in [-0.2, -0.15) is 0 Å². The zero-order chi connectivity index (χ0) is 13.4. The van der Waals surface area contributed by atoms with E-state index >= 15 is 0 Å². The monoisotopic (exact) mass is 298 g/mol. The van der Waals surface area contributed by atoms with Crippen LogP contribution in [0.5, 0.6) is 0 Å². The van der Waals surface area contributed by atoms with Gasteiger partial charge in [-0.25, -0.2) is 0 Å². The number of nitrogens with zero attached hydrogens (tertiary/aromatic N) is 1. The van der Waals surface area contributed by atoms with Crippen LogP contribution in [0.3, 0.4) is 0 Å². The lowest BCUT2D eigenvalue weighted by atomic mass is 10.1. The first-order chi connectivity index (χ1) is 9.16. The molecule has 0 unspecified atom stereocenters. The molecule has 0 radical (unpaired) electrons. The molecule has 1 aliphatic heterocycles. The minimum atomic E-state index is 0.108. The Morgan fingerprint density at radius 1 is 1.26 bits per heavy atom. The van der Waals surface area contributed by atoms with Gasteiger partial charge in [-0.05, 0) is 30.0 Å². The lowest BCUT2D eigenvalue weighted by molar-refractivity contribution is -0.133. The van der Waals surface area contributed by atoms with E-state index in [0.717, 1.165) is 38.2 Å². The number of hydrogen-bond donors (Lipinski definition) is 1. The molecule has 5 heteroatoms. The first-order valence-electron chi connectivity index (χ1n) is 6.61. The lowest BCUT2D eigenvalue weighted by Gasteiger charge is -2.27. The number of piperazine rings is 1. The molecular formula is C14H16Cl2N2O. The van der Waals surface area contributed by atoms with Crippen molar-refractivity contribution in [3.63, 3.8) is 0 Å². The molecule has 2 atom stereocenters. The number of benzene rings is 1. The number of nitrogens with one attached hydrogen (secondary N) is 1. The third-order valence-corrected chi connectivity index (χ3v) is 4.46. The van der Waals surface area contributed by atoms with E-state index in [1.807, 2.05) is 17.0 Å². The summed E-state index contributed by atoms with van der Waals surface area (Å²) in [6, 6.07) is 5.54. The van der Waals surface area contributed by atoms with Crippen LogP contribution in [0.25, 0.3) is 0 Å². The van der Waals surface area contributed by atoms with Crippen molar-refractivity contribution in [1.82, 2.24) is 10.2 Å². The first-order valence-corrected chi connectivity index (χ1v) is 7.37. The van der Waals surface area contributed by atoms with Gasteiger partial charge in [0, 0.05) is 42.1 Å². The van der Waals surface area contributed by atoms with E-state index in [4.69, 9.17) is 23.2 Å². The number of rotatable bonds is 2. The second-order valence-electron chi connectivity index (χ2n) is 5.19. The largest absolute Gasteiger partial charge is 0.340 e. The molecule has 1 heterocycles. The van der Waals surface area contributed by atoms with Crippen LogP contribution in [-0.2, 0) is 4.79 Å². The van der Waals surface area contributed by atoms with E-state index < -0.39 is 0 Å². The van der Waals surface area contributed by atoms with Crippen LogP contribution in [-0.4, -0.2) is 37.0 Å². The van der Waals surface area contributed by atoms with E-state index in [2.05, 4.69) is 5.32 Å². The molecule has 1 saturated heterocycles. The summed E-state index contributed by atoms with van der Waals surface area (Å²) in [5.74, 6) is 0.654. The molecule has 102 valence electrons. The minimum Gasteiger partial charge on any atom is -0.340 e. The number of carbonyl (C=O) groups is 1. The van der Waals surface area contributed by atoms with Crippen LogP contribution >= 0.6 is 23.2 Å². The Morgan fingerprint density at radius 3 is 2.68 bits per heavy atom. The van der Waals surface area contributed by atoms with Gasteiger partial charge in [0.25, 0.3) is 0 Å². The quantitative estimate of drug-likeness (QED) is 0.910. The average molecular weight is 299 g/mol. The highest BCUT2D eigenvalue weighted by Crippen LogP contribution is 2.50. The molecule has 2 fully saturated rings. The maximum atomic E-state index is 12.4. The number of hydrogen-bond acceptors (Lipinski definition) is 2. The highest BCUT2D eigenvalue weighted by atomic mass is 35.5. The summed E-state index contributed by atoms with van der Waals surface area (Å²) in [7, 11) is 0. The van der Waals surface area contributed by atoms with Crippen LogP contribution in [0.4, 0.5) is 0 Å². The Hall–Kier alpha value is -0.770. The van der Waals surface area contributed by atoms with Crippen LogP contribution in [0.2, 0.25) is 10.0 Å². The minimum absolute atomic E-state index is 0.108. The van der Waals surface area contributed by atoms with Crippen molar-refractivity contribution in [2.45, 2.75) is 12.3 Å². The summed E-state index contributed by atoms with van der Waals surface area (Å²) in [6.45, 7) is 3.42. The van der Waals surface area contributed by atoms with Gasteiger partial charge in [-0.15, -0.1) is 0 Å². The van der Waals surface area contributed by atoms with Gasteiger partial charge in [0.15, 0.2) is 0 Å². The topological polar surface area (TPSA) is 32.3 Å². The predicted octanol–water partition coefficient (Wildman–Crippen LogP) is 2.53. The summed E-state index contributed by atoms with van der Waals surface area (Å²) in [5, 5.41) is 4.57. The smallest absolute Gasteiger partial charge is 0.226 e. The summed E-state index contributed by atoms with van der Waals surface area (Å²) in [6.07, 6.45) is 0.907. The van der Waals surface area contributed by atoms with Gasteiger partial charge in [0.1, 0.15) is 0 Å². The van der Waals surface area contributed by atoms with Gasteiger partial charge < -0.3 is 10.2 Å².